The second kappa shape index (κ2) is 7.77. The summed E-state index contributed by atoms with van der Waals surface area (Å²) in [7, 11) is 1.57. The molecule has 1 aliphatic carbocycles. The summed E-state index contributed by atoms with van der Waals surface area (Å²) in [5, 5.41) is 16.8. The zero-order valence-corrected chi connectivity index (χ0v) is 13.0. The third-order valence-electron chi connectivity index (χ3n) is 4.10. The topological polar surface area (TPSA) is 76.4 Å². The Morgan fingerprint density at radius 1 is 1.52 bits per heavy atom. The number of aromatic nitrogens is 2. The van der Waals surface area contributed by atoms with Gasteiger partial charge in [0.2, 0.25) is 0 Å². The molecule has 1 aromatic rings. The van der Waals surface area contributed by atoms with E-state index in [0.717, 1.165) is 19.3 Å². The van der Waals surface area contributed by atoms with Crippen LogP contribution in [0.5, 0.6) is 0 Å². The number of anilines is 1. The highest BCUT2D eigenvalue weighted by Gasteiger charge is 2.26. The van der Waals surface area contributed by atoms with Gasteiger partial charge in [-0.2, -0.15) is 5.10 Å². The summed E-state index contributed by atoms with van der Waals surface area (Å²) in [6.45, 7) is 1.71. The van der Waals surface area contributed by atoms with E-state index in [9.17, 15) is 9.90 Å². The number of methoxy groups -OCH3 is 1. The van der Waals surface area contributed by atoms with E-state index in [2.05, 4.69) is 10.4 Å². The van der Waals surface area contributed by atoms with Gasteiger partial charge in [-0.3, -0.25) is 4.79 Å². The smallest absolute Gasteiger partial charge is 0.287 e. The lowest BCUT2D eigenvalue weighted by Gasteiger charge is -2.19. The van der Waals surface area contributed by atoms with Crippen molar-refractivity contribution in [3.8, 4) is 0 Å². The summed E-state index contributed by atoms with van der Waals surface area (Å²) in [6.07, 6.45) is 4.87. The third-order valence-corrected chi connectivity index (χ3v) is 4.46. The Bertz CT molecular complexity index is 521. The Morgan fingerprint density at radius 3 is 3.00 bits per heavy atom. The van der Waals surface area contributed by atoms with E-state index in [0.29, 0.717) is 37.2 Å². The van der Waals surface area contributed by atoms with E-state index in [-0.39, 0.29) is 17.2 Å². The lowest BCUT2D eigenvalue weighted by Crippen LogP contribution is -2.27. The van der Waals surface area contributed by atoms with Crippen LogP contribution in [0.2, 0.25) is 5.02 Å². The molecule has 1 heterocycles. The molecule has 6 nitrogen and oxygen atoms in total. The largest absolute Gasteiger partial charge is 0.396 e. The van der Waals surface area contributed by atoms with Crippen LogP contribution < -0.4 is 10.9 Å². The molecule has 21 heavy (non-hydrogen) atoms. The molecule has 2 rings (SSSR count). The van der Waals surface area contributed by atoms with Crippen LogP contribution in [0, 0.1) is 11.8 Å². The second-order valence-electron chi connectivity index (χ2n) is 5.41. The van der Waals surface area contributed by atoms with Crippen molar-refractivity contribution in [3.05, 3.63) is 21.6 Å². The van der Waals surface area contributed by atoms with Gasteiger partial charge in [-0.15, -0.1) is 0 Å². The Kier molecular flexibility index (Phi) is 6.02. The van der Waals surface area contributed by atoms with Gasteiger partial charge in [-0.05, 0) is 24.7 Å². The van der Waals surface area contributed by atoms with Crippen molar-refractivity contribution in [2.24, 2.45) is 11.8 Å². The molecule has 1 aliphatic rings. The highest BCUT2D eigenvalue weighted by atomic mass is 35.5. The van der Waals surface area contributed by atoms with E-state index < -0.39 is 0 Å². The van der Waals surface area contributed by atoms with Crippen molar-refractivity contribution in [1.82, 2.24) is 9.78 Å². The fourth-order valence-electron chi connectivity index (χ4n) is 2.79. The molecule has 2 atom stereocenters. The standard InChI is InChI=1S/C14H22ClN3O3/c1-21-6-5-18-14(20)13(15)12(8-17-18)16-7-10-3-2-4-11(10)9-19/h8,10-11,16,19H,2-7,9H2,1H3. The van der Waals surface area contributed by atoms with Crippen LogP contribution in [0.4, 0.5) is 5.69 Å². The monoisotopic (exact) mass is 315 g/mol. The van der Waals surface area contributed by atoms with Crippen LogP contribution >= 0.6 is 11.6 Å². The first-order valence-corrected chi connectivity index (χ1v) is 7.64. The molecule has 7 heteroatoms. The lowest BCUT2D eigenvalue weighted by molar-refractivity contribution is 0.182. The molecule has 0 saturated heterocycles. The summed E-state index contributed by atoms with van der Waals surface area (Å²) >= 11 is 6.11. The molecule has 0 aliphatic heterocycles. The normalized spacial score (nSPS) is 21.7. The van der Waals surface area contributed by atoms with Crippen molar-refractivity contribution in [3.63, 3.8) is 0 Å². The minimum atomic E-state index is -0.316. The number of halogens is 1. The minimum absolute atomic E-state index is 0.152. The number of aliphatic hydroxyl groups excluding tert-OH is 1. The number of nitrogens with zero attached hydrogens (tertiary/aromatic N) is 2. The van der Waals surface area contributed by atoms with Crippen molar-refractivity contribution in [2.75, 3.05) is 32.2 Å². The summed E-state index contributed by atoms with van der Waals surface area (Å²) in [5.41, 5.74) is 0.239. The quantitative estimate of drug-likeness (QED) is 0.794. The zero-order valence-electron chi connectivity index (χ0n) is 12.2. The van der Waals surface area contributed by atoms with Crippen molar-refractivity contribution in [2.45, 2.75) is 25.8 Å². The van der Waals surface area contributed by atoms with Gasteiger partial charge < -0.3 is 15.2 Å². The van der Waals surface area contributed by atoms with Gasteiger partial charge in [0.05, 0.1) is 25.0 Å². The second-order valence-corrected chi connectivity index (χ2v) is 5.79. The molecule has 0 aromatic carbocycles. The lowest BCUT2D eigenvalue weighted by atomic mass is 9.97. The molecular weight excluding hydrogens is 294 g/mol. The van der Waals surface area contributed by atoms with Crippen molar-refractivity contribution >= 4 is 17.3 Å². The van der Waals surface area contributed by atoms with E-state index >= 15 is 0 Å². The Labute approximate surface area is 129 Å². The average Bonchev–Trinajstić information content (AvgIpc) is 2.95. The summed E-state index contributed by atoms with van der Waals surface area (Å²) in [5.74, 6) is 0.758. The molecule has 118 valence electrons. The van der Waals surface area contributed by atoms with Crippen LogP contribution in [-0.2, 0) is 11.3 Å². The summed E-state index contributed by atoms with van der Waals surface area (Å²) in [4.78, 5) is 12.0. The van der Waals surface area contributed by atoms with Crippen LogP contribution in [0.3, 0.4) is 0 Å². The number of aliphatic hydroxyl groups is 1. The van der Waals surface area contributed by atoms with Gasteiger partial charge in [0, 0.05) is 20.3 Å². The minimum Gasteiger partial charge on any atom is -0.396 e. The third kappa shape index (κ3) is 3.96. The first-order chi connectivity index (χ1) is 10.2. The predicted octanol–water partition coefficient (Wildman–Crippen LogP) is 1.36. The maximum absolute atomic E-state index is 12.0. The first-order valence-electron chi connectivity index (χ1n) is 7.26. The number of ether oxygens (including phenoxy) is 1. The molecule has 0 bridgehead atoms. The molecule has 1 fully saturated rings. The number of hydrogen-bond acceptors (Lipinski definition) is 5. The van der Waals surface area contributed by atoms with Crippen LogP contribution in [-0.4, -0.2) is 41.8 Å². The highest BCUT2D eigenvalue weighted by Crippen LogP contribution is 2.31. The van der Waals surface area contributed by atoms with Crippen LogP contribution in [0.15, 0.2) is 11.0 Å². The fraction of sp³-hybridized carbons (Fsp3) is 0.714. The summed E-state index contributed by atoms with van der Waals surface area (Å²) < 4.78 is 6.22. The SMILES string of the molecule is COCCn1ncc(NCC2CCCC2CO)c(Cl)c1=O. The van der Waals surface area contributed by atoms with E-state index in [1.807, 2.05) is 0 Å². The maximum Gasteiger partial charge on any atom is 0.287 e. The highest BCUT2D eigenvalue weighted by molar-refractivity contribution is 6.32. The predicted molar refractivity (Wildman–Crippen MR) is 81.8 cm³/mol. The molecule has 0 radical (unpaired) electrons. The van der Waals surface area contributed by atoms with Gasteiger partial charge in [0.15, 0.2) is 0 Å². The Hall–Kier alpha value is -1.11. The molecule has 0 spiro atoms. The van der Waals surface area contributed by atoms with Crippen LogP contribution in [0.1, 0.15) is 19.3 Å². The fourth-order valence-corrected chi connectivity index (χ4v) is 3.00. The van der Waals surface area contributed by atoms with Crippen molar-refractivity contribution < 1.29 is 9.84 Å². The molecule has 1 saturated carbocycles. The number of nitrogens with one attached hydrogen (secondary N) is 1. The summed E-state index contributed by atoms with van der Waals surface area (Å²) in [6, 6.07) is 0. The van der Waals surface area contributed by atoms with Crippen molar-refractivity contribution in [1.29, 1.82) is 0 Å². The zero-order chi connectivity index (χ0) is 15.2. The van der Waals surface area contributed by atoms with E-state index in [1.54, 1.807) is 13.3 Å². The van der Waals surface area contributed by atoms with E-state index in [4.69, 9.17) is 16.3 Å². The van der Waals surface area contributed by atoms with Gasteiger partial charge in [0.25, 0.3) is 5.56 Å². The molecule has 0 amide bonds. The molecule has 1 aromatic heterocycles. The average molecular weight is 316 g/mol. The van der Waals surface area contributed by atoms with Gasteiger partial charge in [0.1, 0.15) is 5.02 Å². The van der Waals surface area contributed by atoms with Gasteiger partial charge in [-0.1, -0.05) is 18.0 Å². The van der Waals surface area contributed by atoms with Gasteiger partial charge in [-0.25, -0.2) is 4.68 Å². The maximum atomic E-state index is 12.0. The number of hydrogen-bond donors (Lipinski definition) is 2. The molecular formula is C14H22ClN3O3. The Morgan fingerprint density at radius 2 is 2.29 bits per heavy atom. The van der Waals surface area contributed by atoms with Gasteiger partial charge >= 0.3 is 0 Å². The molecule has 2 unspecified atom stereocenters. The van der Waals surface area contributed by atoms with Crippen LogP contribution in [0.25, 0.3) is 0 Å². The first kappa shape index (κ1) is 16.3. The number of rotatable bonds is 7. The Balaban J connectivity index is 2.00. The van der Waals surface area contributed by atoms with E-state index in [1.165, 1.54) is 4.68 Å². The molecule has 2 N–H and O–H groups in total.